The number of nitrogens with two attached hydrogens (primary N) is 1. The third-order valence-corrected chi connectivity index (χ3v) is 2.04. The van der Waals surface area contributed by atoms with E-state index in [1.54, 1.807) is 0 Å². The summed E-state index contributed by atoms with van der Waals surface area (Å²) in [5, 5.41) is 10.1. The molecule has 64 valence electrons. The number of carboxylic acids is 1. The van der Waals surface area contributed by atoms with E-state index < -0.39 is 12.0 Å². The van der Waals surface area contributed by atoms with Crippen LogP contribution in [0.25, 0.3) is 0 Å². The van der Waals surface area contributed by atoms with Crippen LogP contribution in [0.2, 0.25) is 0 Å². The van der Waals surface area contributed by atoms with Gasteiger partial charge in [0.25, 0.3) is 0 Å². The SMILES string of the molecule is CC1(C)C[C@@H](C(=O)O)N(N)C1. The summed E-state index contributed by atoms with van der Waals surface area (Å²) in [6.45, 7) is 4.70. The second-order valence-electron chi connectivity index (χ2n) is 3.89. The lowest BCUT2D eigenvalue weighted by Gasteiger charge is -2.15. The highest BCUT2D eigenvalue weighted by atomic mass is 16.4. The topological polar surface area (TPSA) is 66.6 Å². The van der Waals surface area contributed by atoms with Crippen molar-refractivity contribution in [3.8, 4) is 0 Å². The van der Waals surface area contributed by atoms with Crippen molar-refractivity contribution in [3.05, 3.63) is 0 Å². The number of nitrogens with zero attached hydrogens (tertiary/aromatic N) is 1. The van der Waals surface area contributed by atoms with Gasteiger partial charge < -0.3 is 5.11 Å². The lowest BCUT2D eigenvalue weighted by molar-refractivity contribution is -0.142. The summed E-state index contributed by atoms with van der Waals surface area (Å²) in [7, 11) is 0. The maximum atomic E-state index is 10.6. The Morgan fingerprint density at radius 1 is 1.73 bits per heavy atom. The molecular weight excluding hydrogens is 144 g/mol. The molecule has 0 amide bonds. The van der Waals surface area contributed by atoms with Gasteiger partial charge in [0, 0.05) is 6.54 Å². The first-order chi connectivity index (χ1) is 4.92. The van der Waals surface area contributed by atoms with Crippen LogP contribution in [0.4, 0.5) is 0 Å². The van der Waals surface area contributed by atoms with Crippen molar-refractivity contribution < 1.29 is 9.90 Å². The smallest absolute Gasteiger partial charge is 0.322 e. The van der Waals surface area contributed by atoms with E-state index in [0.29, 0.717) is 13.0 Å². The van der Waals surface area contributed by atoms with Gasteiger partial charge in [-0.25, -0.2) is 5.01 Å². The monoisotopic (exact) mass is 158 g/mol. The van der Waals surface area contributed by atoms with E-state index in [-0.39, 0.29) is 5.41 Å². The van der Waals surface area contributed by atoms with E-state index >= 15 is 0 Å². The van der Waals surface area contributed by atoms with Gasteiger partial charge in [-0.05, 0) is 11.8 Å². The van der Waals surface area contributed by atoms with E-state index in [4.69, 9.17) is 10.9 Å². The predicted molar refractivity (Wildman–Crippen MR) is 40.7 cm³/mol. The first-order valence-corrected chi connectivity index (χ1v) is 3.66. The molecule has 0 aromatic carbocycles. The Bertz CT molecular complexity index is 179. The second kappa shape index (κ2) is 2.46. The van der Waals surface area contributed by atoms with Crippen LogP contribution in [0.15, 0.2) is 0 Å². The van der Waals surface area contributed by atoms with E-state index in [1.807, 2.05) is 13.8 Å². The van der Waals surface area contributed by atoms with Crippen molar-refractivity contribution in [1.29, 1.82) is 0 Å². The number of rotatable bonds is 1. The van der Waals surface area contributed by atoms with Crippen LogP contribution < -0.4 is 5.84 Å². The molecule has 0 aromatic heterocycles. The average molecular weight is 158 g/mol. The zero-order valence-corrected chi connectivity index (χ0v) is 6.87. The molecule has 0 aromatic rings. The first-order valence-electron chi connectivity index (χ1n) is 3.66. The highest BCUT2D eigenvalue weighted by Crippen LogP contribution is 2.31. The van der Waals surface area contributed by atoms with Crippen LogP contribution in [0.5, 0.6) is 0 Å². The van der Waals surface area contributed by atoms with E-state index in [9.17, 15) is 4.79 Å². The van der Waals surface area contributed by atoms with Gasteiger partial charge in [-0.1, -0.05) is 13.8 Å². The summed E-state index contributed by atoms with van der Waals surface area (Å²) in [5.74, 6) is 4.69. The van der Waals surface area contributed by atoms with Crippen LogP contribution in [0, 0.1) is 5.41 Å². The quantitative estimate of drug-likeness (QED) is 0.529. The average Bonchev–Trinajstić information content (AvgIpc) is 2.05. The normalized spacial score (nSPS) is 30.6. The molecule has 0 unspecified atom stereocenters. The van der Waals surface area contributed by atoms with Crippen LogP contribution in [0.3, 0.4) is 0 Å². The van der Waals surface area contributed by atoms with Crippen LogP contribution >= 0.6 is 0 Å². The molecule has 4 nitrogen and oxygen atoms in total. The van der Waals surface area contributed by atoms with Crippen LogP contribution in [-0.4, -0.2) is 28.7 Å². The molecule has 1 aliphatic heterocycles. The largest absolute Gasteiger partial charge is 0.480 e. The fraction of sp³-hybridized carbons (Fsp3) is 0.857. The number of carbonyl (C=O) groups is 1. The standard InChI is InChI=1S/C7H14N2O2/c1-7(2)3-5(6(10)11)9(8)4-7/h5H,3-4,8H2,1-2H3,(H,10,11)/t5-/m0/s1. The van der Waals surface area contributed by atoms with Gasteiger partial charge in [0.2, 0.25) is 0 Å². The van der Waals surface area contributed by atoms with Gasteiger partial charge in [0.1, 0.15) is 6.04 Å². The summed E-state index contributed by atoms with van der Waals surface area (Å²) < 4.78 is 0. The van der Waals surface area contributed by atoms with Crippen molar-refractivity contribution in [2.75, 3.05) is 6.54 Å². The Morgan fingerprint density at radius 2 is 2.27 bits per heavy atom. The number of hydrogen-bond acceptors (Lipinski definition) is 3. The molecule has 0 saturated carbocycles. The molecule has 1 heterocycles. The Morgan fingerprint density at radius 3 is 2.45 bits per heavy atom. The molecule has 4 heteroatoms. The minimum Gasteiger partial charge on any atom is -0.480 e. The lowest BCUT2D eigenvalue weighted by Crippen LogP contribution is -2.41. The molecule has 0 spiro atoms. The van der Waals surface area contributed by atoms with Gasteiger partial charge in [-0.2, -0.15) is 0 Å². The number of carboxylic acid groups (broad SMARTS) is 1. The summed E-state index contributed by atoms with van der Waals surface area (Å²) in [4.78, 5) is 10.6. The molecule has 1 rings (SSSR count). The molecule has 11 heavy (non-hydrogen) atoms. The number of aliphatic carboxylic acids is 1. The highest BCUT2D eigenvalue weighted by molar-refractivity contribution is 5.73. The Kier molecular flexibility index (Phi) is 1.90. The van der Waals surface area contributed by atoms with Crippen molar-refractivity contribution in [2.24, 2.45) is 11.3 Å². The maximum Gasteiger partial charge on any atom is 0.322 e. The number of hydrazine groups is 1. The third kappa shape index (κ3) is 1.70. The molecule has 3 N–H and O–H groups in total. The number of hydrogen-bond donors (Lipinski definition) is 2. The minimum atomic E-state index is -0.821. The molecule has 0 bridgehead atoms. The van der Waals surface area contributed by atoms with Gasteiger partial charge in [-0.15, -0.1) is 0 Å². The summed E-state index contributed by atoms with van der Waals surface area (Å²) in [6, 6.07) is -0.495. The fourth-order valence-electron chi connectivity index (χ4n) is 1.54. The lowest BCUT2D eigenvalue weighted by atomic mass is 9.91. The Balaban J connectivity index is 2.66. The highest BCUT2D eigenvalue weighted by Gasteiger charge is 2.39. The summed E-state index contributed by atoms with van der Waals surface area (Å²) in [6.07, 6.45) is 0.638. The second-order valence-corrected chi connectivity index (χ2v) is 3.89. The van der Waals surface area contributed by atoms with Gasteiger partial charge in [0.05, 0.1) is 0 Å². The first kappa shape index (κ1) is 8.49. The Hall–Kier alpha value is -0.610. The molecule has 1 fully saturated rings. The zero-order chi connectivity index (χ0) is 8.65. The van der Waals surface area contributed by atoms with E-state index in [2.05, 4.69) is 0 Å². The predicted octanol–water partition coefficient (Wildman–Crippen LogP) is 0.0452. The van der Waals surface area contributed by atoms with Gasteiger partial charge >= 0.3 is 5.97 Å². The third-order valence-electron chi connectivity index (χ3n) is 2.04. The molecule has 1 aliphatic rings. The zero-order valence-electron chi connectivity index (χ0n) is 6.87. The molecule has 1 saturated heterocycles. The van der Waals surface area contributed by atoms with E-state index in [1.165, 1.54) is 5.01 Å². The molecule has 0 aliphatic carbocycles. The van der Waals surface area contributed by atoms with Crippen LogP contribution in [0.1, 0.15) is 20.3 Å². The van der Waals surface area contributed by atoms with Gasteiger partial charge in [0.15, 0.2) is 0 Å². The maximum absolute atomic E-state index is 10.6. The van der Waals surface area contributed by atoms with Gasteiger partial charge in [-0.3, -0.25) is 10.6 Å². The molecule has 0 radical (unpaired) electrons. The van der Waals surface area contributed by atoms with E-state index in [0.717, 1.165) is 0 Å². The van der Waals surface area contributed by atoms with Crippen molar-refractivity contribution in [1.82, 2.24) is 5.01 Å². The summed E-state index contributed by atoms with van der Waals surface area (Å²) >= 11 is 0. The molecular formula is C7H14N2O2. The van der Waals surface area contributed by atoms with Crippen molar-refractivity contribution in [3.63, 3.8) is 0 Å². The molecule has 1 atom stereocenters. The fourth-order valence-corrected chi connectivity index (χ4v) is 1.54. The Labute approximate surface area is 65.9 Å². The van der Waals surface area contributed by atoms with Crippen LogP contribution in [-0.2, 0) is 4.79 Å². The summed E-state index contributed by atoms with van der Waals surface area (Å²) in [5.41, 5.74) is 0.0395. The minimum absolute atomic E-state index is 0.0395. The van der Waals surface area contributed by atoms with Crippen molar-refractivity contribution >= 4 is 5.97 Å². The van der Waals surface area contributed by atoms with Crippen molar-refractivity contribution in [2.45, 2.75) is 26.3 Å².